The molecular weight excluding hydrogens is 582 g/mol. The lowest BCUT2D eigenvalue weighted by atomic mass is 10.0. The fourth-order valence-electron chi connectivity index (χ4n) is 5.96. The van der Waals surface area contributed by atoms with Crippen molar-refractivity contribution in [3.8, 4) is 11.5 Å². The molecular formula is C35H37N7O4. The van der Waals surface area contributed by atoms with Gasteiger partial charge in [0.1, 0.15) is 23.1 Å². The largest absolute Gasteiger partial charge is 0.497 e. The number of aromatic nitrogens is 5. The number of methoxy groups -OCH3 is 2. The Bertz CT molecular complexity index is 1920. The lowest BCUT2D eigenvalue weighted by Gasteiger charge is -2.22. The van der Waals surface area contributed by atoms with Crippen LogP contribution in [0, 0.1) is 6.92 Å². The van der Waals surface area contributed by atoms with Crippen LogP contribution >= 0.6 is 0 Å². The van der Waals surface area contributed by atoms with E-state index in [1.54, 1.807) is 31.5 Å². The Hall–Kier alpha value is -5.03. The van der Waals surface area contributed by atoms with Gasteiger partial charge in [-0.1, -0.05) is 12.1 Å². The zero-order valence-electron chi connectivity index (χ0n) is 26.5. The topological polar surface area (TPSA) is 117 Å². The monoisotopic (exact) mass is 619 g/mol. The van der Waals surface area contributed by atoms with Crippen LogP contribution in [0.3, 0.4) is 0 Å². The Morgan fingerprint density at radius 2 is 1.87 bits per heavy atom. The number of carbonyl (C=O) groups is 1. The van der Waals surface area contributed by atoms with E-state index in [0.717, 1.165) is 80.5 Å². The predicted molar refractivity (Wildman–Crippen MR) is 174 cm³/mol. The maximum atomic E-state index is 14.0. The van der Waals surface area contributed by atoms with Crippen LogP contribution in [-0.4, -0.2) is 44.9 Å². The molecule has 1 aliphatic carbocycles. The minimum atomic E-state index is -0.174. The average molecular weight is 620 g/mol. The van der Waals surface area contributed by atoms with E-state index in [-0.39, 0.29) is 5.91 Å². The van der Waals surface area contributed by atoms with Crippen molar-refractivity contribution in [1.82, 2.24) is 24.7 Å². The summed E-state index contributed by atoms with van der Waals surface area (Å²) >= 11 is 0. The summed E-state index contributed by atoms with van der Waals surface area (Å²) in [6.07, 6.45) is 7.43. The van der Waals surface area contributed by atoms with Crippen molar-refractivity contribution in [2.75, 3.05) is 24.4 Å². The fraction of sp³-hybridized carbons (Fsp3) is 0.343. The molecule has 5 aromatic rings. The summed E-state index contributed by atoms with van der Waals surface area (Å²) in [5, 5.41) is 9.19. The van der Waals surface area contributed by atoms with Gasteiger partial charge in [-0.05, 0) is 56.0 Å². The molecule has 11 nitrogen and oxygen atoms in total. The number of hydrogen-bond acceptors (Lipinski definition) is 9. The Morgan fingerprint density at radius 3 is 2.59 bits per heavy atom. The first kappa shape index (κ1) is 29.7. The Balaban J connectivity index is 1.21. The number of nitrogens with one attached hydrogen (secondary N) is 1. The van der Waals surface area contributed by atoms with Crippen LogP contribution in [0.25, 0.3) is 10.9 Å². The van der Waals surface area contributed by atoms with Gasteiger partial charge in [-0.3, -0.25) is 9.48 Å². The first-order valence-corrected chi connectivity index (χ1v) is 15.6. The van der Waals surface area contributed by atoms with Crippen LogP contribution < -0.4 is 19.7 Å². The van der Waals surface area contributed by atoms with Crippen molar-refractivity contribution in [3.05, 3.63) is 94.3 Å². The second-order valence-electron chi connectivity index (χ2n) is 11.7. The Kier molecular flexibility index (Phi) is 8.00. The zero-order chi connectivity index (χ0) is 31.8. The molecule has 46 heavy (non-hydrogen) atoms. The smallest absolute Gasteiger partial charge is 0.261 e. The van der Waals surface area contributed by atoms with Gasteiger partial charge in [0.15, 0.2) is 0 Å². The van der Waals surface area contributed by atoms with Crippen molar-refractivity contribution < 1.29 is 19.0 Å². The first-order valence-electron chi connectivity index (χ1n) is 15.6. The molecule has 0 unspecified atom stereocenters. The number of nitrogens with zero attached hydrogens (tertiary/aromatic N) is 6. The summed E-state index contributed by atoms with van der Waals surface area (Å²) in [5.74, 6) is 3.30. The number of pyridine rings is 1. The number of anilines is 2. The second-order valence-corrected chi connectivity index (χ2v) is 11.7. The molecule has 1 fully saturated rings. The number of fused-ring (bicyclic) bond motifs is 3. The van der Waals surface area contributed by atoms with Gasteiger partial charge in [-0.25, -0.2) is 15.0 Å². The third kappa shape index (κ3) is 5.74. The van der Waals surface area contributed by atoms with E-state index in [1.807, 2.05) is 42.9 Å². The lowest BCUT2D eigenvalue weighted by molar-refractivity contribution is 0.0984. The van der Waals surface area contributed by atoms with Gasteiger partial charge < -0.3 is 24.4 Å². The van der Waals surface area contributed by atoms with Crippen molar-refractivity contribution >= 4 is 28.3 Å². The lowest BCUT2D eigenvalue weighted by Crippen LogP contribution is -2.31. The molecule has 0 saturated heterocycles. The number of rotatable bonds is 11. The third-order valence-electron chi connectivity index (χ3n) is 8.69. The standard InChI is InChI=1S/C35H37N7O4/c1-5-41-18-31(21(2)40-41)42(35(43)25-15-36-33(37-16-25)23-7-8-23)17-22-6-11-27-28-19-46-20-29(28)34(39-30(27)12-22)38-14-24-9-10-26(44-3)13-32(24)45-4/h6,9-13,15-16,18,23H,5,7-8,14,17,19-20H2,1-4H3,(H,38,39). The minimum absolute atomic E-state index is 0.174. The van der Waals surface area contributed by atoms with Crippen LogP contribution in [0.2, 0.25) is 0 Å². The first-order chi connectivity index (χ1) is 22.4. The van der Waals surface area contributed by atoms with Gasteiger partial charge in [0.25, 0.3) is 5.91 Å². The highest BCUT2D eigenvalue weighted by Crippen LogP contribution is 2.38. The van der Waals surface area contributed by atoms with Gasteiger partial charge >= 0.3 is 0 Å². The van der Waals surface area contributed by atoms with Crippen molar-refractivity contribution in [2.45, 2.75) is 65.5 Å². The van der Waals surface area contributed by atoms with Crippen LogP contribution in [0.4, 0.5) is 11.5 Å². The highest BCUT2D eigenvalue weighted by Gasteiger charge is 2.28. The summed E-state index contributed by atoms with van der Waals surface area (Å²) in [7, 11) is 3.29. The Labute approximate surface area is 267 Å². The molecule has 1 aliphatic heterocycles. The van der Waals surface area contributed by atoms with E-state index in [2.05, 4.69) is 38.6 Å². The van der Waals surface area contributed by atoms with Gasteiger partial charge in [-0.2, -0.15) is 5.10 Å². The molecule has 7 rings (SSSR count). The molecule has 0 spiro atoms. The SMILES string of the molecule is CCn1cc(N(Cc2ccc3c4c(c(NCc5ccc(OC)cc5OC)nc3c2)COC4)C(=O)c2cnc(C3CC3)nc2)c(C)n1. The van der Waals surface area contributed by atoms with E-state index < -0.39 is 0 Å². The predicted octanol–water partition coefficient (Wildman–Crippen LogP) is 5.93. The number of ether oxygens (including phenoxy) is 3. The number of carbonyl (C=O) groups excluding carboxylic acids is 1. The molecule has 11 heteroatoms. The molecule has 2 aliphatic rings. The molecule has 1 saturated carbocycles. The highest BCUT2D eigenvalue weighted by atomic mass is 16.5. The van der Waals surface area contributed by atoms with Crippen LogP contribution in [0.15, 0.2) is 55.0 Å². The summed E-state index contributed by atoms with van der Waals surface area (Å²) in [5.41, 5.74) is 6.92. The summed E-state index contributed by atoms with van der Waals surface area (Å²) < 4.78 is 18.7. The van der Waals surface area contributed by atoms with Crippen molar-refractivity contribution in [1.29, 1.82) is 0 Å². The number of hydrogen-bond donors (Lipinski definition) is 1. The average Bonchev–Trinajstić information content (AvgIpc) is 3.70. The maximum Gasteiger partial charge on any atom is 0.261 e. The zero-order valence-corrected chi connectivity index (χ0v) is 26.5. The molecule has 4 heterocycles. The number of aryl methyl sites for hydroxylation is 2. The van der Waals surface area contributed by atoms with E-state index in [9.17, 15) is 4.79 Å². The van der Waals surface area contributed by atoms with Gasteiger partial charge in [-0.15, -0.1) is 0 Å². The van der Waals surface area contributed by atoms with Gasteiger partial charge in [0.05, 0.1) is 56.4 Å². The number of benzene rings is 2. The summed E-state index contributed by atoms with van der Waals surface area (Å²) in [6, 6.07) is 12.0. The Morgan fingerprint density at radius 1 is 1.07 bits per heavy atom. The molecule has 236 valence electrons. The molecule has 0 radical (unpaired) electrons. The fourth-order valence-corrected chi connectivity index (χ4v) is 5.96. The molecule has 0 bridgehead atoms. The number of amides is 1. The van der Waals surface area contributed by atoms with Crippen LogP contribution in [0.5, 0.6) is 11.5 Å². The van der Waals surface area contributed by atoms with Gasteiger partial charge in [0, 0.05) is 60.2 Å². The normalized spacial score (nSPS) is 13.9. The van der Waals surface area contributed by atoms with E-state index >= 15 is 0 Å². The minimum Gasteiger partial charge on any atom is -0.497 e. The van der Waals surface area contributed by atoms with E-state index in [1.165, 1.54) is 0 Å². The summed E-state index contributed by atoms with van der Waals surface area (Å²) in [4.78, 5) is 29.9. The molecule has 3 aromatic heterocycles. The highest BCUT2D eigenvalue weighted by molar-refractivity contribution is 6.06. The van der Waals surface area contributed by atoms with Gasteiger partial charge in [0.2, 0.25) is 0 Å². The molecule has 1 amide bonds. The maximum absolute atomic E-state index is 14.0. The molecule has 0 atom stereocenters. The third-order valence-corrected chi connectivity index (χ3v) is 8.69. The molecule has 1 N–H and O–H groups in total. The van der Waals surface area contributed by atoms with Crippen molar-refractivity contribution in [2.24, 2.45) is 0 Å². The van der Waals surface area contributed by atoms with Crippen LogP contribution in [0.1, 0.15) is 69.8 Å². The van der Waals surface area contributed by atoms with E-state index in [0.29, 0.717) is 44.3 Å². The quantitative estimate of drug-likeness (QED) is 0.192. The van der Waals surface area contributed by atoms with Crippen LogP contribution in [-0.2, 0) is 37.6 Å². The second kappa shape index (κ2) is 12.4. The summed E-state index contributed by atoms with van der Waals surface area (Å²) in [6.45, 7) is 6.51. The molecule has 2 aromatic carbocycles. The van der Waals surface area contributed by atoms with Crippen molar-refractivity contribution in [3.63, 3.8) is 0 Å². The van der Waals surface area contributed by atoms with E-state index in [4.69, 9.17) is 19.2 Å².